The maximum Gasteiger partial charge on any atom is 0.173 e. The third-order valence-corrected chi connectivity index (χ3v) is 5.99. The number of benzene rings is 2. The first-order valence-corrected chi connectivity index (χ1v) is 10.9. The van der Waals surface area contributed by atoms with Gasteiger partial charge in [-0.2, -0.15) is 4.37 Å². The van der Waals surface area contributed by atoms with Gasteiger partial charge in [0.1, 0.15) is 10.8 Å². The molecule has 0 fully saturated rings. The van der Waals surface area contributed by atoms with Gasteiger partial charge >= 0.3 is 0 Å². The Balaban J connectivity index is 1.61. The Bertz CT molecular complexity index is 1000. The van der Waals surface area contributed by atoms with Crippen molar-refractivity contribution in [1.82, 2.24) is 14.7 Å². The number of aliphatic hydroxyl groups excluding tert-OH is 1. The van der Waals surface area contributed by atoms with E-state index in [0.717, 1.165) is 46.1 Å². The third-order valence-electron chi connectivity index (χ3n) is 5.22. The Morgan fingerprint density at radius 2 is 2.14 bits per heavy atom. The molecule has 0 saturated carbocycles. The zero-order chi connectivity index (χ0) is 20.4. The van der Waals surface area contributed by atoms with Gasteiger partial charge in [-0.1, -0.05) is 18.2 Å². The van der Waals surface area contributed by atoms with E-state index >= 15 is 0 Å². The predicted octanol–water partition coefficient (Wildman–Crippen LogP) is 4.54. The Morgan fingerprint density at radius 1 is 1.28 bits per heavy atom. The van der Waals surface area contributed by atoms with E-state index in [1.165, 1.54) is 22.7 Å². The Hall–Kier alpha value is -2.28. The first-order valence-electron chi connectivity index (χ1n) is 10.1. The highest BCUT2D eigenvalue weighted by atomic mass is 32.1. The highest BCUT2D eigenvalue weighted by Gasteiger charge is 2.25. The van der Waals surface area contributed by atoms with Gasteiger partial charge in [-0.15, -0.1) is 0 Å². The summed E-state index contributed by atoms with van der Waals surface area (Å²) in [6.45, 7) is 6.90. The molecule has 0 saturated heterocycles. The van der Waals surface area contributed by atoms with Crippen LogP contribution in [0, 0.1) is 6.92 Å². The lowest BCUT2D eigenvalue weighted by atomic mass is 10.0. The fourth-order valence-electron chi connectivity index (χ4n) is 3.93. The molecule has 1 aliphatic carbocycles. The lowest BCUT2D eigenvalue weighted by Gasteiger charge is -2.13. The van der Waals surface area contributed by atoms with E-state index in [1.807, 2.05) is 19.9 Å². The normalized spacial score (nSPS) is 15.7. The van der Waals surface area contributed by atoms with Gasteiger partial charge in [-0.05, 0) is 80.0 Å². The molecule has 1 aromatic heterocycles. The zero-order valence-corrected chi connectivity index (χ0v) is 17.9. The van der Waals surface area contributed by atoms with Gasteiger partial charge in [0.25, 0.3) is 0 Å². The standard InChI is InChI=1S/C23H27N3O2S/c1-14(2)28-21-10-7-16(13-15(21)3)23-25-22(26-29-23)19-6-4-5-18-17(19)8-9-20(18)24-11-12-27/h4-7,10,13-14,20,24,27H,8-9,11-12H2,1-3H3/t20-/m0/s1. The molecule has 0 unspecified atom stereocenters. The number of nitrogens with zero attached hydrogens (tertiary/aromatic N) is 2. The van der Waals surface area contributed by atoms with Crippen LogP contribution in [-0.4, -0.2) is 33.7 Å². The molecule has 5 nitrogen and oxygen atoms in total. The second-order valence-electron chi connectivity index (χ2n) is 7.71. The second kappa shape index (κ2) is 8.61. The van der Waals surface area contributed by atoms with Crippen molar-refractivity contribution >= 4 is 11.5 Å². The molecule has 0 amide bonds. The van der Waals surface area contributed by atoms with Crippen molar-refractivity contribution < 1.29 is 9.84 Å². The van der Waals surface area contributed by atoms with Crippen LogP contribution in [0.5, 0.6) is 5.75 Å². The topological polar surface area (TPSA) is 67.3 Å². The smallest absolute Gasteiger partial charge is 0.173 e. The van der Waals surface area contributed by atoms with Crippen molar-refractivity contribution in [3.05, 3.63) is 53.1 Å². The summed E-state index contributed by atoms with van der Waals surface area (Å²) in [6, 6.07) is 12.9. The van der Waals surface area contributed by atoms with Crippen LogP contribution in [-0.2, 0) is 6.42 Å². The molecule has 0 aliphatic heterocycles. The molecule has 4 rings (SSSR count). The monoisotopic (exact) mass is 409 g/mol. The van der Waals surface area contributed by atoms with Crippen LogP contribution < -0.4 is 10.1 Å². The van der Waals surface area contributed by atoms with Gasteiger partial charge in [0.2, 0.25) is 0 Å². The van der Waals surface area contributed by atoms with Crippen LogP contribution in [0.2, 0.25) is 0 Å². The van der Waals surface area contributed by atoms with Crippen molar-refractivity contribution in [3.8, 4) is 27.7 Å². The number of aliphatic hydroxyl groups is 1. The van der Waals surface area contributed by atoms with E-state index in [0.29, 0.717) is 12.6 Å². The fourth-order valence-corrected chi connectivity index (χ4v) is 4.61. The van der Waals surface area contributed by atoms with E-state index in [4.69, 9.17) is 14.8 Å². The van der Waals surface area contributed by atoms with Gasteiger partial charge in [-0.3, -0.25) is 0 Å². The van der Waals surface area contributed by atoms with Gasteiger partial charge in [0.15, 0.2) is 5.82 Å². The third kappa shape index (κ3) is 4.20. The fraction of sp³-hybridized carbons (Fsp3) is 0.391. The molecule has 1 atom stereocenters. The van der Waals surface area contributed by atoms with Crippen molar-refractivity contribution in [2.45, 2.75) is 45.8 Å². The highest BCUT2D eigenvalue weighted by molar-refractivity contribution is 7.09. The van der Waals surface area contributed by atoms with Crippen LogP contribution in [0.15, 0.2) is 36.4 Å². The molecule has 0 spiro atoms. The molecular weight excluding hydrogens is 382 g/mol. The van der Waals surface area contributed by atoms with Gasteiger partial charge in [0.05, 0.1) is 12.7 Å². The number of aromatic nitrogens is 2. The summed E-state index contributed by atoms with van der Waals surface area (Å²) in [5, 5.41) is 13.5. The molecular formula is C23H27N3O2S. The van der Waals surface area contributed by atoms with Crippen LogP contribution in [0.3, 0.4) is 0 Å². The van der Waals surface area contributed by atoms with E-state index in [1.54, 1.807) is 0 Å². The molecule has 2 aromatic carbocycles. The lowest BCUT2D eigenvalue weighted by molar-refractivity contribution is 0.241. The Labute approximate surface area is 176 Å². The van der Waals surface area contributed by atoms with Crippen molar-refractivity contribution in [3.63, 3.8) is 0 Å². The van der Waals surface area contributed by atoms with Crippen LogP contribution in [0.1, 0.15) is 43.0 Å². The molecule has 152 valence electrons. The number of nitrogens with one attached hydrogen (secondary N) is 1. The predicted molar refractivity (Wildman–Crippen MR) is 117 cm³/mol. The van der Waals surface area contributed by atoms with Crippen molar-refractivity contribution in [2.24, 2.45) is 0 Å². The molecule has 6 heteroatoms. The summed E-state index contributed by atoms with van der Waals surface area (Å²) in [7, 11) is 0. The SMILES string of the molecule is Cc1cc(-c2nc(-c3cccc4c3CC[C@@H]4NCCO)ns2)ccc1OC(C)C. The van der Waals surface area contributed by atoms with Crippen molar-refractivity contribution in [1.29, 1.82) is 0 Å². The van der Waals surface area contributed by atoms with Crippen LogP contribution >= 0.6 is 11.5 Å². The first-order chi connectivity index (χ1) is 14.1. The quantitative estimate of drug-likeness (QED) is 0.600. The summed E-state index contributed by atoms with van der Waals surface area (Å²) in [4.78, 5) is 4.85. The largest absolute Gasteiger partial charge is 0.491 e. The minimum Gasteiger partial charge on any atom is -0.491 e. The zero-order valence-electron chi connectivity index (χ0n) is 17.1. The molecule has 0 radical (unpaired) electrons. The molecule has 29 heavy (non-hydrogen) atoms. The number of hydrogen-bond donors (Lipinski definition) is 2. The van der Waals surface area contributed by atoms with Crippen LogP contribution in [0.4, 0.5) is 0 Å². The first kappa shape index (κ1) is 20.0. The van der Waals surface area contributed by atoms with Gasteiger partial charge in [0, 0.05) is 23.7 Å². The molecule has 1 heterocycles. The second-order valence-corrected chi connectivity index (χ2v) is 8.46. The maximum atomic E-state index is 9.11. The van der Waals surface area contributed by atoms with E-state index in [2.05, 4.69) is 46.9 Å². The highest BCUT2D eigenvalue weighted by Crippen LogP contribution is 2.38. The Morgan fingerprint density at radius 3 is 2.90 bits per heavy atom. The van der Waals surface area contributed by atoms with E-state index in [-0.39, 0.29) is 12.7 Å². The van der Waals surface area contributed by atoms with E-state index in [9.17, 15) is 0 Å². The summed E-state index contributed by atoms with van der Waals surface area (Å²) in [5.74, 6) is 1.71. The average molecular weight is 410 g/mol. The number of aryl methyl sites for hydroxylation is 1. The van der Waals surface area contributed by atoms with Crippen LogP contribution in [0.25, 0.3) is 22.0 Å². The minimum absolute atomic E-state index is 0.156. The maximum absolute atomic E-state index is 9.11. The number of rotatable bonds is 7. The Kier molecular flexibility index (Phi) is 5.94. The lowest BCUT2D eigenvalue weighted by Crippen LogP contribution is -2.22. The molecule has 1 aliphatic rings. The summed E-state index contributed by atoms with van der Waals surface area (Å²) in [6.07, 6.45) is 2.20. The number of ether oxygens (including phenoxy) is 1. The summed E-state index contributed by atoms with van der Waals surface area (Å²) in [5.41, 5.74) is 5.92. The molecule has 3 aromatic rings. The number of hydrogen-bond acceptors (Lipinski definition) is 6. The van der Waals surface area contributed by atoms with Gasteiger partial charge < -0.3 is 15.2 Å². The number of fused-ring (bicyclic) bond motifs is 1. The summed E-state index contributed by atoms with van der Waals surface area (Å²) >= 11 is 1.44. The van der Waals surface area contributed by atoms with Crippen molar-refractivity contribution in [2.75, 3.05) is 13.2 Å². The summed E-state index contributed by atoms with van der Waals surface area (Å²) < 4.78 is 10.5. The minimum atomic E-state index is 0.156. The van der Waals surface area contributed by atoms with Gasteiger partial charge in [-0.25, -0.2) is 4.98 Å². The molecule has 0 bridgehead atoms. The average Bonchev–Trinajstić information content (AvgIpc) is 3.35. The molecule has 2 N–H and O–H groups in total. The van der Waals surface area contributed by atoms with E-state index < -0.39 is 0 Å².